The smallest absolute Gasteiger partial charge is 0.193 e. The van der Waals surface area contributed by atoms with Gasteiger partial charge < -0.3 is 15.1 Å². The third-order valence-electron chi connectivity index (χ3n) is 4.42. The highest BCUT2D eigenvalue weighted by molar-refractivity contribution is 14.0. The zero-order chi connectivity index (χ0) is 15.9. The Morgan fingerprint density at radius 2 is 1.92 bits per heavy atom. The first-order chi connectivity index (χ1) is 11.4. The van der Waals surface area contributed by atoms with E-state index in [2.05, 4.69) is 54.3 Å². The average molecular weight is 481 g/mol. The van der Waals surface area contributed by atoms with Crippen LogP contribution in [0, 0.1) is 0 Å². The van der Waals surface area contributed by atoms with E-state index in [1.807, 2.05) is 18.4 Å². The number of halogens is 1. The van der Waals surface area contributed by atoms with Crippen LogP contribution in [-0.4, -0.2) is 86.7 Å². The van der Waals surface area contributed by atoms with Crippen molar-refractivity contribution in [2.75, 3.05) is 75.8 Å². The Morgan fingerprint density at radius 1 is 1.17 bits per heavy atom. The van der Waals surface area contributed by atoms with Crippen molar-refractivity contribution >= 4 is 58.0 Å². The molecule has 0 unspecified atom stereocenters. The lowest BCUT2D eigenvalue weighted by atomic mass is 10.3. The highest BCUT2D eigenvalue weighted by atomic mass is 127. The average Bonchev–Trinajstić information content (AvgIpc) is 3.15. The normalized spacial score (nSPS) is 20.0. The maximum Gasteiger partial charge on any atom is 0.193 e. The van der Waals surface area contributed by atoms with E-state index in [4.69, 9.17) is 0 Å². The molecule has 24 heavy (non-hydrogen) atoms. The number of thiophene rings is 1. The lowest BCUT2D eigenvalue weighted by Crippen LogP contribution is -2.53. The van der Waals surface area contributed by atoms with E-state index < -0.39 is 0 Å². The minimum absolute atomic E-state index is 0. The molecule has 0 saturated carbocycles. The summed E-state index contributed by atoms with van der Waals surface area (Å²) in [7, 11) is 1.89. The van der Waals surface area contributed by atoms with Gasteiger partial charge in [0.1, 0.15) is 0 Å². The van der Waals surface area contributed by atoms with Crippen molar-refractivity contribution in [3.63, 3.8) is 0 Å². The zero-order valence-corrected chi connectivity index (χ0v) is 18.3. The standard InChI is InChI=1S/C16H27N5S2.HI/c1-17-16(18-4-5-19-10-13-22-14-11-19)21-8-6-20(7-9-21)15-3-2-12-23-15;/h2-3,12H,4-11,13-14H2,1H3,(H,17,18);1H. The SMILES string of the molecule is CN=C(NCCN1CCSCC1)N1CCN(c2cccs2)CC1.I. The van der Waals surface area contributed by atoms with E-state index in [0.29, 0.717) is 0 Å². The molecule has 1 N–H and O–H groups in total. The Bertz CT molecular complexity index is 483. The van der Waals surface area contributed by atoms with Crippen LogP contribution in [0.25, 0.3) is 0 Å². The number of nitrogens with zero attached hydrogens (tertiary/aromatic N) is 4. The molecule has 1 aromatic heterocycles. The van der Waals surface area contributed by atoms with Crippen molar-refractivity contribution in [2.24, 2.45) is 4.99 Å². The van der Waals surface area contributed by atoms with Gasteiger partial charge >= 0.3 is 0 Å². The van der Waals surface area contributed by atoms with Gasteiger partial charge in [-0.05, 0) is 17.5 Å². The molecule has 2 fully saturated rings. The van der Waals surface area contributed by atoms with Gasteiger partial charge in [-0.15, -0.1) is 35.3 Å². The topological polar surface area (TPSA) is 34.1 Å². The maximum atomic E-state index is 4.48. The third-order valence-corrected chi connectivity index (χ3v) is 6.30. The molecule has 2 saturated heterocycles. The summed E-state index contributed by atoms with van der Waals surface area (Å²) in [5, 5.41) is 7.09. The van der Waals surface area contributed by atoms with Crippen LogP contribution in [0.5, 0.6) is 0 Å². The summed E-state index contributed by atoms with van der Waals surface area (Å²) in [5.41, 5.74) is 0. The second-order valence-electron chi connectivity index (χ2n) is 5.85. The second-order valence-corrected chi connectivity index (χ2v) is 8.00. The number of guanidine groups is 1. The fraction of sp³-hybridized carbons (Fsp3) is 0.688. The Morgan fingerprint density at radius 3 is 2.54 bits per heavy atom. The van der Waals surface area contributed by atoms with Gasteiger partial charge in [0.25, 0.3) is 0 Å². The first-order valence-electron chi connectivity index (χ1n) is 8.41. The van der Waals surface area contributed by atoms with E-state index >= 15 is 0 Å². The lowest BCUT2D eigenvalue weighted by molar-refractivity contribution is 0.303. The molecule has 2 aliphatic heterocycles. The second kappa shape index (κ2) is 10.7. The first-order valence-corrected chi connectivity index (χ1v) is 10.4. The highest BCUT2D eigenvalue weighted by Crippen LogP contribution is 2.22. The van der Waals surface area contributed by atoms with Gasteiger partial charge in [0, 0.05) is 70.9 Å². The van der Waals surface area contributed by atoms with Crippen molar-refractivity contribution in [2.45, 2.75) is 0 Å². The minimum atomic E-state index is 0. The van der Waals surface area contributed by atoms with Crippen LogP contribution in [0.4, 0.5) is 5.00 Å². The van der Waals surface area contributed by atoms with Gasteiger partial charge in [0.05, 0.1) is 5.00 Å². The van der Waals surface area contributed by atoms with E-state index in [1.54, 1.807) is 0 Å². The highest BCUT2D eigenvalue weighted by Gasteiger charge is 2.20. The van der Waals surface area contributed by atoms with Crippen LogP contribution in [0.3, 0.4) is 0 Å². The molecule has 1 aromatic rings. The third kappa shape index (κ3) is 5.67. The quantitative estimate of drug-likeness (QED) is 0.405. The van der Waals surface area contributed by atoms with Crippen LogP contribution in [0.1, 0.15) is 0 Å². The van der Waals surface area contributed by atoms with Gasteiger partial charge in [-0.25, -0.2) is 0 Å². The largest absolute Gasteiger partial charge is 0.360 e. The molecule has 8 heteroatoms. The van der Waals surface area contributed by atoms with Crippen molar-refractivity contribution < 1.29 is 0 Å². The summed E-state index contributed by atoms with van der Waals surface area (Å²) in [5.74, 6) is 3.61. The zero-order valence-electron chi connectivity index (χ0n) is 14.3. The summed E-state index contributed by atoms with van der Waals surface area (Å²) >= 11 is 3.90. The van der Waals surface area contributed by atoms with Crippen LogP contribution < -0.4 is 10.2 Å². The van der Waals surface area contributed by atoms with Gasteiger partial charge in [-0.3, -0.25) is 9.89 Å². The number of rotatable bonds is 4. The molecule has 0 atom stereocenters. The van der Waals surface area contributed by atoms with Crippen LogP contribution in [0.15, 0.2) is 22.5 Å². The Labute approximate surface area is 170 Å². The Balaban J connectivity index is 0.00000208. The van der Waals surface area contributed by atoms with Gasteiger partial charge in [-0.2, -0.15) is 11.8 Å². The Kier molecular flexibility index (Phi) is 8.99. The molecule has 0 amide bonds. The molecule has 0 bridgehead atoms. The number of thioether (sulfide) groups is 1. The number of nitrogens with one attached hydrogen (secondary N) is 1. The summed E-state index contributed by atoms with van der Waals surface area (Å²) in [6.07, 6.45) is 0. The molecular formula is C16H28IN5S2. The molecule has 136 valence electrons. The molecule has 5 nitrogen and oxygen atoms in total. The summed E-state index contributed by atoms with van der Waals surface area (Å²) in [4.78, 5) is 11.9. The summed E-state index contributed by atoms with van der Waals surface area (Å²) in [6.45, 7) is 8.79. The van der Waals surface area contributed by atoms with E-state index in [-0.39, 0.29) is 24.0 Å². The number of hydrogen-bond acceptors (Lipinski definition) is 5. The molecular weight excluding hydrogens is 453 g/mol. The van der Waals surface area contributed by atoms with Gasteiger partial charge in [0.2, 0.25) is 0 Å². The number of aliphatic imine (C=N–C) groups is 1. The van der Waals surface area contributed by atoms with E-state index in [1.165, 1.54) is 29.6 Å². The van der Waals surface area contributed by atoms with Crippen LogP contribution >= 0.6 is 47.1 Å². The fourth-order valence-corrected chi connectivity index (χ4v) is 4.84. The molecule has 0 spiro atoms. The van der Waals surface area contributed by atoms with Gasteiger partial charge in [-0.1, -0.05) is 0 Å². The number of hydrogen-bond donors (Lipinski definition) is 1. The number of anilines is 1. The molecule has 3 heterocycles. The predicted molar refractivity (Wildman–Crippen MR) is 119 cm³/mol. The lowest BCUT2D eigenvalue weighted by Gasteiger charge is -2.37. The summed E-state index contributed by atoms with van der Waals surface area (Å²) < 4.78 is 0. The van der Waals surface area contributed by atoms with Crippen LogP contribution in [0.2, 0.25) is 0 Å². The minimum Gasteiger partial charge on any atom is -0.360 e. The van der Waals surface area contributed by atoms with Crippen molar-refractivity contribution in [1.29, 1.82) is 0 Å². The van der Waals surface area contributed by atoms with E-state index in [0.717, 1.165) is 45.2 Å². The van der Waals surface area contributed by atoms with E-state index in [9.17, 15) is 0 Å². The molecule has 0 aromatic carbocycles. The first kappa shape index (κ1) is 20.1. The van der Waals surface area contributed by atoms with Crippen molar-refractivity contribution in [3.05, 3.63) is 17.5 Å². The molecule has 0 radical (unpaired) electrons. The van der Waals surface area contributed by atoms with Gasteiger partial charge in [0.15, 0.2) is 5.96 Å². The van der Waals surface area contributed by atoms with Crippen molar-refractivity contribution in [3.8, 4) is 0 Å². The molecule has 3 rings (SSSR count). The monoisotopic (exact) mass is 481 g/mol. The van der Waals surface area contributed by atoms with Crippen LogP contribution in [-0.2, 0) is 0 Å². The Hall–Kier alpha value is -0.190. The fourth-order valence-electron chi connectivity index (χ4n) is 3.07. The number of piperazine rings is 1. The molecule has 0 aliphatic carbocycles. The molecule has 2 aliphatic rings. The predicted octanol–water partition coefficient (Wildman–Crippen LogP) is 2.11. The van der Waals surface area contributed by atoms with Crippen molar-refractivity contribution in [1.82, 2.24) is 15.1 Å². The maximum absolute atomic E-state index is 4.48. The summed E-state index contributed by atoms with van der Waals surface area (Å²) in [6, 6.07) is 4.34.